The van der Waals surface area contributed by atoms with Gasteiger partial charge >= 0.3 is 0 Å². The molecule has 0 atom stereocenters. The second-order valence-corrected chi connectivity index (χ2v) is 5.23. The molecule has 5 heteroatoms. The van der Waals surface area contributed by atoms with Gasteiger partial charge in [-0.2, -0.15) is 0 Å². The Bertz CT molecular complexity index is 810. The molecule has 0 fully saturated rings. The Morgan fingerprint density at radius 1 is 1.24 bits per heavy atom. The third kappa shape index (κ3) is 2.90. The van der Waals surface area contributed by atoms with E-state index in [2.05, 4.69) is 10.3 Å². The number of fused-ring (bicyclic) bond motifs is 1. The van der Waals surface area contributed by atoms with Crippen LogP contribution in [0.2, 0.25) is 5.02 Å². The largest absolute Gasteiger partial charge is 0.324 e. The first-order valence-electron chi connectivity index (χ1n) is 6.61. The predicted molar refractivity (Wildman–Crippen MR) is 84.6 cm³/mol. The molecule has 3 aromatic rings. The summed E-state index contributed by atoms with van der Waals surface area (Å²) in [4.78, 5) is 16.6. The molecule has 0 aliphatic carbocycles. The number of nitrogens with one attached hydrogen (secondary N) is 1. The zero-order chi connectivity index (χ0) is 14.8. The number of rotatable bonds is 3. The fourth-order valence-electron chi connectivity index (χ4n) is 2.31. The van der Waals surface area contributed by atoms with Crippen LogP contribution in [0.5, 0.6) is 0 Å². The van der Waals surface area contributed by atoms with Gasteiger partial charge in [0.15, 0.2) is 0 Å². The minimum atomic E-state index is -0.108. The quantitative estimate of drug-likeness (QED) is 0.802. The maximum absolute atomic E-state index is 12.2. The van der Waals surface area contributed by atoms with E-state index in [0.717, 1.165) is 16.9 Å². The standard InChI is InChI=1S/C16H14ClN3O/c1-11-18-14-7-2-3-8-15(14)20(11)10-16(21)19-13-6-4-5-12(17)9-13/h2-9H,10H2,1H3,(H,19,21). The monoisotopic (exact) mass is 299 g/mol. The molecule has 0 radical (unpaired) electrons. The van der Waals surface area contributed by atoms with Gasteiger partial charge in [-0.05, 0) is 37.3 Å². The highest BCUT2D eigenvalue weighted by Crippen LogP contribution is 2.17. The number of carbonyl (C=O) groups is 1. The van der Waals surface area contributed by atoms with Crippen LogP contribution in [0.15, 0.2) is 48.5 Å². The Kier molecular flexibility index (Phi) is 3.62. The van der Waals surface area contributed by atoms with E-state index in [0.29, 0.717) is 10.7 Å². The smallest absolute Gasteiger partial charge is 0.244 e. The summed E-state index contributed by atoms with van der Waals surface area (Å²) in [5, 5.41) is 3.44. The molecule has 0 bridgehead atoms. The van der Waals surface area contributed by atoms with Gasteiger partial charge in [0.1, 0.15) is 12.4 Å². The summed E-state index contributed by atoms with van der Waals surface area (Å²) in [6.07, 6.45) is 0. The Morgan fingerprint density at radius 2 is 2.05 bits per heavy atom. The van der Waals surface area contributed by atoms with Crippen molar-refractivity contribution in [3.63, 3.8) is 0 Å². The van der Waals surface area contributed by atoms with Crippen molar-refractivity contribution in [2.45, 2.75) is 13.5 Å². The van der Waals surface area contributed by atoms with E-state index in [-0.39, 0.29) is 12.5 Å². The Morgan fingerprint density at radius 3 is 2.86 bits per heavy atom. The van der Waals surface area contributed by atoms with E-state index in [9.17, 15) is 4.79 Å². The van der Waals surface area contributed by atoms with Crippen molar-refractivity contribution >= 4 is 34.2 Å². The van der Waals surface area contributed by atoms with Gasteiger partial charge in [0.25, 0.3) is 0 Å². The van der Waals surface area contributed by atoms with Crippen molar-refractivity contribution in [2.24, 2.45) is 0 Å². The molecule has 1 N–H and O–H groups in total. The molecule has 4 nitrogen and oxygen atoms in total. The van der Waals surface area contributed by atoms with E-state index < -0.39 is 0 Å². The van der Waals surface area contributed by atoms with Gasteiger partial charge in [0.2, 0.25) is 5.91 Å². The van der Waals surface area contributed by atoms with Gasteiger partial charge < -0.3 is 9.88 Å². The minimum absolute atomic E-state index is 0.108. The molecule has 3 rings (SSSR count). The van der Waals surface area contributed by atoms with Gasteiger partial charge in [0.05, 0.1) is 11.0 Å². The van der Waals surface area contributed by atoms with Crippen molar-refractivity contribution in [3.05, 3.63) is 59.4 Å². The summed E-state index contributed by atoms with van der Waals surface area (Å²) in [7, 11) is 0. The number of aryl methyl sites for hydroxylation is 1. The lowest BCUT2D eigenvalue weighted by Crippen LogP contribution is -2.19. The zero-order valence-electron chi connectivity index (χ0n) is 11.5. The Hall–Kier alpha value is -2.33. The molecular weight excluding hydrogens is 286 g/mol. The van der Waals surface area contributed by atoms with Crippen molar-refractivity contribution in [2.75, 3.05) is 5.32 Å². The summed E-state index contributed by atoms with van der Waals surface area (Å²) < 4.78 is 1.90. The van der Waals surface area contributed by atoms with Gasteiger partial charge in [-0.1, -0.05) is 29.8 Å². The van der Waals surface area contributed by atoms with Crippen molar-refractivity contribution in [1.29, 1.82) is 0 Å². The number of imidazole rings is 1. The number of amides is 1. The molecule has 0 spiro atoms. The maximum atomic E-state index is 12.2. The lowest BCUT2D eigenvalue weighted by molar-refractivity contribution is -0.116. The number of halogens is 1. The molecule has 0 aliphatic rings. The Labute approximate surface area is 127 Å². The molecule has 1 amide bonds. The normalized spacial score (nSPS) is 10.8. The van der Waals surface area contributed by atoms with E-state index in [1.54, 1.807) is 18.2 Å². The van der Waals surface area contributed by atoms with Crippen LogP contribution in [0.4, 0.5) is 5.69 Å². The van der Waals surface area contributed by atoms with Gasteiger partial charge in [-0.15, -0.1) is 0 Å². The third-order valence-corrected chi connectivity index (χ3v) is 3.49. The highest BCUT2D eigenvalue weighted by molar-refractivity contribution is 6.30. The van der Waals surface area contributed by atoms with Gasteiger partial charge in [-0.25, -0.2) is 4.98 Å². The average Bonchev–Trinajstić information content (AvgIpc) is 2.75. The summed E-state index contributed by atoms with van der Waals surface area (Å²) in [6, 6.07) is 14.9. The summed E-state index contributed by atoms with van der Waals surface area (Å²) >= 11 is 5.91. The van der Waals surface area contributed by atoms with Crippen molar-refractivity contribution < 1.29 is 4.79 Å². The molecule has 0 saturated heterocycles. The average molecular weight is 300 g/mol. The molecule has 21 heavy (non-hydrogen) atoms. The fraction of sp³-hybridized carbons (Fsp3) is 0.125. The number of hydrogen-bond donors (Lipinski definition) is 1. The first-order valence-corrected chi connectivity index (χ1v) is 6.98. The lowest BCUT2D eigenvalue weighted by atomic mass is 10.3. The SMILES string of the molecule is Cc1nc2ccccc2n1CC(=O)Nc1cccc(Cl)c1. The maximum Gasteiger partial charge on any atom is 0.244 e. The predicted octanol–water partition coefficient (Wildman–Crippen LogP) is 3.64. The fourth-order valence-corrected chi connectivity index (χ4v) is 2.50. The zero-order valence-corrected chi connectivity index (χ0v) is 12.3. The summed E-state index contributed by atoms with van der Waals surface area (Å²) in [5.41, 5.74) is 2.54. The molecule has 1 heterocycles. The summed E-state index contributed by atoms with van der Waals surface area (Å²) in [5.74, 6) is 0.709. The number of para-hydroxylation sites is 2. The van der Waals surface area contributed by atoms with E-state index in [1.165, 1.54) is 0 Å². The topological polar surface area (TPSA) is 46.9 Å². The van der Waals surface area contributed by atoms with Crippen LogP contribution in [0.3, 0.4) is 0 Å². The van der Waals surface area contributed by atoms with Crippen LogP contribution >= 0.6 is 11.6 Å². The van der Waals surface area contributed by atoms with Crippen molar-refractivity contribution in [3.8, 4) is 0 Å². The van der Waals surface area contributed by atoms with Gasteiger partial charge in [0, 0.05) is 10.7 Å². The van der Waals surface area contributed by atoms with Crippen LogP contribution < -0.4 is 5.32 Å². The number of carbonyl (C=O) groups excluding carboxylic acids is 1. The number of nitrogens with zero attached hydrogens (tertiary/aromatic N) is 2. The number of hydrogen-bond acceptors (Lipinski definition) is 2. The number of benzene rings is 2. The van der Waals surface area contributed by atoms with Crippen LogP contribution in [0.25, 0.3) is 11.0 Å². The third-order valence-electron chi connectivity index (χ3n) is 3.26. The molecule has 0 saturated carbocycles. The second kappa shape index (κ2) is 5.58. The van der Waals surface area contributed by atoms with Crippen LogP contribution in [0.1, 0.15) is 5.82 Å². The minimum Gasteiger partial charge on any atom is -0.324 e. The van der Waals surface area contributed by atoms with E-state index >= 15 is 0 Å². The van der Waals surface area contributed by atoms with Gasteiger partial charge in [-0.3, -0.25) is 4.79 Å². The molecule has 0 aliphatic heterocycles. The first-order chi connectivity index (χ1) is 10.1. The lowest BCUT2D eigenvalue weighted by Gasteiger charge is -2.08. The molecule has 106 valence electrons. The number of anilines is 1. The molecular formula is C16H14ClN3O. The van der Waals surface area contributed by atoms with Crippen LogP contribution in [-0.4, -0.2) is 15.5 Å². The highest BCUT2D eigenvalue weighted by atomic mass is 35.5. The molecule has 1 aromatic heterocycles. The van der Waals surface area contributed by atoms with E-state index in [1.807, 2.05) is 41.8 Å². The van der Waals surface area contributed by atoms with Crippen LogP contribution in [0, 0.1) is 6.92 Å². The Balaban J connectivity index is 1.82. The second-order valence-electron chi connectivity index (χ2n) is 4.79. The molecule has 2 aromatic carbocycles. The van der Waals surface area contributed by atoms with E-state index in [4.69, 9.17) is 11.6 Å². The first kappa shape index (κ1) is 13.6. The van der Waals surface area contributed by atoms with Crippen molar-refractivity contribution in [1.82, 2.24) is 9.55 Å². The highest BCUT2D eigenvalue weighted by Gasteiger charge is 2.10. The number of aromatic nitrogens is 2. The summed E-state index contributed by atoms with van der Waals surface area (Å²) in [6.45, 7) is 2.12. The van der Waals surface area contributed by atoms with Crippen LogP contribution in [-0.2, 0) is 11.3 Å². The molecule has 0 unspecified atom stereocenters.